The summed E-state index contributed by atoms with van der Waals surface area (Å²) < 4.78 is 22.3. The molecule has 0 radical (unpaired) electrons. The second kappa shape index (κ2) is 11.8. The van der Waals surface area contributed by atoms with Crippen LogP contribution in [0.25, 0.3) is 0 Å². The van der Waals surface area contributed by atoms with E-state index in [2.05, 4.69) is 4.31 Å². The van der Waals surface area contributed by atoms with Crippen molar-refractivity contribution in [2.75, 3.05) is 0 Å². The maximum atomic E-state index is 9.44. The van der Waals surface area contributed by atoms with Gasteiger partial charge in [-0.3, -0.25) is 9.13 Å². The molecule has 5 nitrogen and oxygen atoms in total. The summed E-state index contributed by atoms with van der Waals surface area (Å²) in [5.74, 6) is 2.23. The van der Waals surface area contributed by atoms with Gasteiger partial charge in [0, 0.05) is 0 Å². The van der Waals surface area contributed by atoms with Crippen LogP contribution in [0.3, 0.4) is 0 Å². The zero-order valence-corrected chi connectivity index (χ0v) is 14.8. The third-order valence-electron chi connectivity index (χ3n) is 4.61. The van der Waals surface area contributed by atoms with Crippen molar-refractivity contribution < 1.29 is 23.2 Å². The molecule has 0 aromatic heterocycles. The van der Waals surface area contributed by atoms with Crippen molar-refractivity contribution in [2.24, 2.45) is 11.8 Å². The Morgan fingerprint density at radius 1 is 0.714 bits per heavy atom. The van der Waals surface area contributed by atoms with Gasteiger partial charge in [0.2, 0.25) is 0 Å². The minimum Gasteiger partial charge on any atom is -0.326 e. The van der Waals surface area contributed by atoms with E-state index in [0.717, 1.165) is 11.8 Å². The van der Waals surface area contributed by atoms with E-state index in [0.29, 0.717) is 0 Å². The molecule has 0 aromatic carbocycles. The predicted molar refractivity (Wildman–Crippen MR) is 85.9 cm³/mol. The zero-order chi connectivity index (χ0) is 15.5. The molecule has 21 heavy (non-hydrogen) atoms. The molecule has 0 saturated heterocycles. The Kier molecular flexibility index (Phi) is 10.9. The molecule has 2 N–H and O–H groups in total. The maximum absolute atomic E-state index is 9.44. The Morgan fingerprint density at radius 2 is 1.05 bits per heavy atom. The summed E-state index contributed by atoms with van der Waals surface area (Å²) in [6.45, 7) is 0. The zero-order valence-electron chi connectivity index (χ0n) is 12.8. The lowest BCUT2D eigenvalue weighted by Crippen LogP contribution is -2.11. The summed E-state index contributed by atoms with van der Waals surface area (Å²) in [7, 11) is -6.40. The summed E-state index contributed by atoms with van der Waals surface area (Å²) in [6, 6.07) is 0. The summed E-state index contributed by atoms with van der Waals surface area (Å²) in [5, 5.41) is 0. The Bertz CT molecular complexity index is 282. The van der Waals surface area contributed by atoms with Crippen LogP contribution in [0, 0.1) is 11.8 Å². The lowest BCUT2D eigenvalue weighted by atomic mass is 9.80. The Morgan fingerprint density at radius 3 is 1.29 bits per heavy atom. The highest BCUT2D eigenvalue weighted by Crippen LogP contribution is 2.33. The van der Waals surface area contributed by atoms with Crippen molar-refractivity contribution >= 4 is 16.5 Å². The Labute approximate surface area is 129 Å². The average Bonchev–Trinajstić information content (AvgIpc) is 2.46. The third kappa shape index (κ3) is 10.7. The molecule has 2 atom stereocenters. The molecule has 0 heterocycles. The fourth-order valence-corrected chi connectivity index (χ4v) is 4.10. The second-order valence-electron chi connectivity index (χ2n) is 6.22. The SMILES string of the molecule is C1CCC(CCC2CCCCC2)CC1.O=[PH](O)O[PH](=O)O. The van der Waals surface area contributed by atoms with E-state index in [9.17, 15) is 9.13 Å². The van der Waals surface area contributed by atoms with Crippen LogP contribution in [0.5, 0.6) is 0 Å². The van der Waals surface area contributed by atoms with Gasteiger partial charge in [-0.25, -0.2) is 4.31 Å². The first-order valence-corrected chi connectivity index (χ1v) is 10.7. The van der Waals surface area contributed by atoms with Gasteiger partial charge in [-0.05, 0) is 11.8 Å². The number of hydrogen-bond acceptors (Lipinski definition) is 3. The second-order valence-corrected chi connectivity index (χ2v) is 8.10. The van der Waals surface area contributed by atoms with Gasteiger partial charge in [0.05, 0.1) is 0 Å². The van der Waals surface area contributed by atoms with Gasteiger partial charge >= 0.3 is 16.5 Å². The minimum atomic E-state index is -3.20. The first-order chi connectivity index (χ1) is 10.1. The van der Waals surface area contributed by atoms with Crippen molar-refractivity contribution in [3.05, 3.63) is 0 Å². The van der Waals surface area contributed by atoms with Crippen molar-refractivity contribution in [3.8, 4) is 0 Å². The van der Waals surface area contributed by atoms with Crippen molar-refractivity contribution in [3.63, 3.8) is 0 Å². The standard InChI is InChI=1S/C14H26.H4O5P2/c1-3-7-13(8-4-1)11-12-14-9-5-2-6-10-14;1-6(2)5-7(3)4/h13-14H,1-12H2;6-7H,(H,1,2)(H,3,4). The molecule has 0 bridgehead atoms. The molecule has 2 aliphatic rings. The molecule has 0 aliphatic heterocycles. The summed E-state index contributed by atoms with van der Waals surface area (Å²) in [5.41, 5.74) is 0. The van der Waals surface area contributed by atoms with E-state index in [4.69, 9.17) is 9.79 Å². The number of hydrogen-bond donors (Lipinski definition) is 2. The molecule has 2 rings (SSSR count). The van der Waals surface area contributed by atoms with Gasteiger partial charge in [0.1, 0.15) is 0 Å². The Hall–Kier alpha value is 0.340. The molecule has 2 aliphatic carbocycles. The molecule has 0 spiro atoms. The van der Waals surface area contributed by atoms with Crippen LogP contribution in [0.1, 0.15) is 77.0 Å². The largest absolute Gasteiger partial charge is 0.326 e. The molecule has 0 amide bonds. The van der Waals surface area contributed by atoms with Crippen LogP contribution >= 0.6 is 16.5 Å². The van der Waals surface area contributed by atoms with Gasteiger partial charge in [0.25, 0.3) is 0 Å². The molecule has 2 unspecified atom stereocenters. The monoisotopic (exact) mass is 340 g/mol. The quantitative estimate of drug-likeness (QED) is 0.709. The van der Waals surface area contributed by atoms with E-state index in [1.165, 1.54) is 38.5 Å². The van der Waals surface area contributed by atoms with Crippen LogP contribution in [0.2, 0.25) is 0 Å². The van der Waals surface area contributed by atoms with Gasteiger partial charge < -0.3 is 9.79 Å². The van der Waals surface area contributed by atoms with Gasteiger partial charge in [-0.2, -0.15) is 0 Å². The van der Waals surface area contributed by atoms with Crippen molar-refractivity contribution in [2.45, 2.75) is 77.0 Å². The molecule has 7 heteroatoms. The lowest BCUT2D eigenvalue weighted by Gasteiger charge is -2.26. The van der Waals surface area contributed by atoms with E-state index in [1.807, 2.05) is 0 Å². The lowest BCUT2D eigenvalue weighted by molar-refractivity contribution is 0.273. The highest BCUT2D eigenvalue weighted by atomic mass is 31.2. The van der Waals surface area contributed by atoms with E-state index < -0.39 is 16.5 Å². The first-order valence-electron chi connectivity index (χ1n) is 8.21. The fraction of sp³-hybridized carbons (Fsp3) is 1.00. The highest BCUT2D eigenvalue weighted by Gasteiger charge is 2.17. The smallest absolute Gasteiger partial charge is 0.323 e. The minimum absolute atomic E-state index is 1.12. The molecule has 2 fully saturated rings. The first kappa shape index (κ1) is 19.4. The van der Waals surface area contributed by atoms with Gasteiger partial charge in [-0.15, -0.1) is 0 Å². The fourth-order valence-electron chi connectivity index (χ4n) is 3.50. The predicted octanol–water partition coefficient (Wildman–Crippen LogP) is 4.69. The summed E-state index contributed by atoms with van der Waals surface area (Å²) in [4.78, 5) is 15.4. The van der Waals surface area contributed by atoms with Gasteiger partial charge in [-0.1, -0.05) is 77.0 Å². The van der Waals surface area contributed by atoms with E-state index in [1.54, 1.807) is 38.5 Å². The van der Waals surface area contributed by atoms with Crippen LogP contribution in [0.15, 0.2) is 0 Å². The van der Waals surface area contributed by atoms with Crippen LogP contribution in [0.4, 0.5) is 0 Å². The molecule has 0 aromatic rings. The highest BCUT2D eigenvalue weighted by molar-refractivity contribution is 7.46. The van der Waals surface area contributed by atoms with Gasteiger partial charge in [0.15, 0.2) is 0 Å². The van der Waals surface area contributed by atoms with Crippen LogP contribution in [-0.4, -0.2) is 9.79 Å². The van der Waals surface area contributed by atoms with E-state index >= 15 is 0 Å². The number of rotatable bonds is 5. The summed E-state index contributed by atoms with van der Waals surface area (Å²) >= 11 is 0. The third-order valence-corrected chi connectivity index (χ3v) is 6.00. The topological polar surface area (TPSA) is 83.8 Å². The normalized spacial score (nSPS) is 23.9. The molecule has 2 saturated carbocycles. The van der Waals surface area contributed by atoms with Crippen molar-refractivity contribution in [1.82, 2.24) is 0 Å². The molecular formula is C14H30O5P2. The molecular weight excluding hydrogens is 310 g/mol. The Balaban J connectivity index is 0.000000270. The van der Waals surface area contributed by atoms with Crippen LogP contribution < -0.4 is 0 Å². The van der Waals surface area contributed by atoms with E-state index in [-0.39, 0.29) is 0 Å². The summed E-state index contributed by atoms with van der Waals surface area (Å²) in [6.07, 6.45) is 18.4. The maximum Gasteiger partial charge on any atom is 0.323 e. The average molecular weight is 340 g/mol. The molecule has 126 valence electrons. The van der Waals surface area contributed by atoms with Crippen molar-refractivity contribution in [1.29, 1.82) is 0 Å². The van der Waals surface area contributed by atoms with Crippen LogP contribution in [-0.2, 0) is 13.4 Å².